The van der Waals surface area contributed by atoms with Crippen molar-refractivity contribution in [3.8, 4) is 0 Å². The zero-order valence-corrected chi connectivity index (χ0v) is 10.7. The zero-order chi connectivity index (χ0) is 12.5. The molecule has 0 aromatic heterocycles. The molecule has 1 aliphatic carbocycles. The van der Waals surface area contributed by atoms with Crippen LogP contribution in [0, 0.1) is 5.92 Å². The molecule has 2 unspecified atom stereocenters. The molecule has 1 heterocycles. The van der Waals surface area contributed by atoms with Gasteiger partial charge in [-0.3, -0.25) is 4.79 Å². The molecular formula is C13H24N2O2. The van der Waals surface area contributed by atoms with E-state index in [1.807, 2.05) is 0 Å². The maximum Gasteiger partial charge on any atom is 0.227 e. The first kappa shape index (κ1) is 12.8. The number of nitrogens with two attached hydrogens (primary N) is 1. The third-order valence-electron chi connectivity index (χ3n) is 4.13. The molecule has 2 atom stereocenters. The van der Waals surface area contributed by atoms with Gasteiger partial charge in [0.05, 0.1) is 24.6 Å². The van der Waals surface area contributed by atoms with E-state index in [1.165, 1.54) is 0 Å². The van der Waals surface area contributed by atoms with E-state index in [0.29, 0.717) is 13.1 Å². The van der Waals surface area contributed by atoms with Crippen molar-refractivity contribution in [1.29, 1.82) is 0 Å². The topological polar surface area (TPSA) is 66.6 Å². The van der Waals surface area contributed by atoms with Crippen molar-refractivity contribution in [1.82, 2.24) is 4.90 Å². The predicted octanol–water partition coefficient (Wildman–Crippen LogP) is 0.877. The maximum absolute atomic E-state index is 12.2. The molecule has 0 aromatic carbocycles. The van der Waals surface area contributed by atoms with Crippen LogP contribution in [-0.2, 0) is 4.79 Å². The van der Waals surface area contributed by atoms with E-state index in [9.17, 15) is 9.90 Å². The van der Waals surface area contributed by atoms with Crippen molar-refractivity contribution >= 4 is 5.91 Å². The summed E-state index contributed by atoms with van der Waals surface area (Å²) < 4.78 is 0. The van der Waals surface area contributed by atoms with Crippen LogP contribution in [0.2, 0.25) is 0 Å². The van der Waals surface area contributed by atoms with E-state index < -0.39 is 5.60 Å². The first-order valence-electron chi connectivity index (χ1n) is 6.82. The normalized spacial score (nSPS) is 32.1. The fourth-order valence-corrected chi connectivity index (χ4v) is 3.14. The fourth-order valence-electron chi connectivity index (χ4n) is 3.14. The maximum atomic E-state index is 12.2. The number of likely N-dealkylation sites (tertiary alicyclic amines) is 1. The minimum Gasteiger partial charge on any atom is -0.386 e. The molecule has 1 saturated carbocycles. The highest BCUT2D eigenvalue weighted by Gasteiger charge is 2.45. The van der Waals surface area contributed by atoms with Crippen LogP contribution in [-0.4, -0.2) is 40.6 Å². The number of rotatable bonds is 3. The Morgan fingerprint density at radius 2 is 2.06 bits per heavy atom. The van der Waals surface area contributed by atoms with Gasteiger partial charge in [0.2, 0.25) is 5.91 Å². The van der Waals surface area contributed by atoms with E-state index in [2.05, 4.69) is 6.92 Å². The first-order chi connectivity index (χ1) is 8.06. The summed E-state index contributed by atoms with van der Waals surface area (Å²) in [5.74, 6) is 0.160. The lowest BCUT2D eigenvalue weighted by Gasteiger charge is -2.48. The van der Waals surface area contributed by atoms with Crippen molar-refractivity contribution in [2.24, 2.45) is 11.7 Å². The van der Waals surface area contributed by atoms with Crippen LogP contribution >= 0.6 is 0 Å². The number of amides is 1. The molecule has 98 valence electrons. The lowest BCUT2D eigenvalue weighted by Crippen LogP contribution is -2.65. The van der Waals surface area contributed by atoms with E-state index in [4.69, 9.17) is 5.73 Å². The summed E-state index contributed by atoms with van der Waals surface area (Å²) in [6.07, 6.45) is 5.88. The Morgan fingerprint density at radius 3 is 2.65 bits per heavy atom. The van der Waals surface area contributed by atoms with Gasteiger partial charge < -0.3 is 15.7 Å². The summed E-state index contributed by atoms with van der Waals surface area (Å²) in [5.41, 5.74) is 5.39. The van der Waals surface area contributed by atoms with Gasteiger partial charge in [0.1, 0.15) is 0 Å². The van der Waals surface area contributed by atoms with Crippen LogP contribution < -0.4 is 5.73 Å². The second kappa shape index (κ2) is 4.94. The average molecular weight is 240 g/mol. The molecule has 1 amide bonds. The fraction of sp³-hybridized carbons (Fsp3) is 0.923. The Hall–Kier alpha value is -0.610. The molecule has 1 aliphatic heterocycles. The lowest BCUT2D eigenvalue weighted by molar-refractivity contribution is -0.162. The molecule has 0 radical (unpaired) electrons. The summed E-state index contributed by atoms with van der Waals surface area (Å²) >= 11 is 0. The van der Waals surface area contributed by atoms with Gasteiger partial charge in [-0.25, -0.2) is 0 Å². The van der Waals surface area contributed by atoms with Gasteiger partial charge in [-0.1, -0.05) is 26.2 Å². The average Bonchev–Trinajstić information content (AvgIpc) is 2.26. The highest BCUT2D eigenvalue weighted by molar-refractivity contribution is 5.80. The number of carbonyl (C=O) groups is 1. The molecule has 2 rings (SSSR count). The largest absolute Gasteiger partial charge is 0.386 e. The molecule has 0 spiro atoms. The van der Waals surface area contributed by atoms with Gasteiger partial charge in [0.25, 0.3) is 0 Å². The number of hydrogen-bond donors (Lipinski definition) is 2. The Kier molecular flexibility index (Phi) is 3.73. The van der Waals surface area contributed by atoms with Crippen molar-refractivity contribution in [2.75, 3.05) is 13.1 Å². The van der Waals surface area contributed by atoms with Gasteiger partial charge >= 0.3 is 0 Å². The van der Waals surface area contributed by atoms with E-state index in [-0.39, 0.29) is 17.9 Å². The van der Waals surface area contributed by atoms with Crippen LogP contribution in [0.1, 0.15) is 45.4 Å². The van der Waals surface area contributed by atoms with E-state index in [1.54, 1.807) is 4.90 Å². The predicted molar refractivity (Wildman–Crippen MR) is 66.4 cm³/mol. The molecule has 4 nitrogen and oxygen atoms in total. The Labute approximate surface area is 103 Å². The summed E-state index contributed by atoms with van der Waals surface area (Å²) in [6, 6.07) is 0.0242. The van der Waals surface area contributed by atoms with E-state index in [0.717, 1.165) is 38.5 Å². The minimum atomic E-state index is -0.622. The van der Waals surface area contributed by atoms with Crippen molar-refractivity contribution < 1.29 is 9.90 Å². The summed E-state index contributed by atoms with van der Waals surface area (Å²) in [5, 5.41) is 10.1. The van der Waals surface area contributed by atoms with Gasteiger partial charge in [0, 0.05) is 6.04 Å². The number of carbonyl (C=O) groups excluding carboxylic acids is 1. The first-order valence-corrected chi connectivity index (χ1v) is 6.82. The van der Waals surface area contributed by atoms with Crippen LogP contribution in [0.3, 0.4) is 0 Å². The molecule has 17 heavy (non-hydrogen) atoms. The Morgan fingerprint density at radius 1 is 1.41 bits per heavy atom. The quantitative estimate of drug-likeness (QED) is 0.769. The molecule has 2 fully saturated rings. The van der Waals surface area contributed by atoms with Crippen LogP contribution in [0.5, 0.6) is 0 Å². The van der Waals surface area contributed by atoms with Gasteiger partial charge in [-0.05, 0) is 19.3 Å². The standard InChI is InChI=1S/C13H24N2O2/c1-2-7-13(17)8-15(9-13)12(16)10-5-3-4-6-11(10)14/h10-11,17H,2-9,14H2,1H3. The molecule has 1 saturated heterocycles. The van der Waals surface area contributed by atoms with Gasteiger partial charge in [-0.15, -0.1) is 0 Å². The van der Waals surface area contributed by atoms with Gasteiger partial charge in [0.15, 0.2) is 0 Å². The molecule has 3 N–H and O–H groups in total. The molecular weight excluding hydrogens is 216 g/mol. The number of nitrogens with zero attached hydrogens (tertiary/aromatic N) is 1. The lowest BCUT2D eigenvalue weighted by atomic mass is 9.81. The second-order valence-corrected chi connectivity index (χ2v) is 5.72. The zero-order valence-electron chi connectivity index (χ0n) is 10.7. The third-order valence-corrected chi connectivity index (χ3v) is 4.13. The second-order valence-electron chi connectivity index (χ2n) is 5.72. The summed E-state index contributed by atoms with van der Waals surface area (Å²) in [6.45, 7) is 3.06. The molecule has 4 heteroatoms. The SMILES string of the molecule is CCCC1(O)CN(C(=O)C2CCCCC2N)C1. The Balaban J connectivity index is 1.86. The summed E-state index contributed by atoms with van der Waals surface area (Å²) in [7, 11) is 0. The summed E-state index contributed by atoms with van der Waals surface area (Å²) in [4.78, 5) is 14.0. The molecule has 2 aliphatic rings. The molecule has 0 bridgehead atoms. The van der Waals surface area contributed by atoms with Crippen LogP contribution in [0.25, 0.3) is 0 Å². The highest BCUT2D eigenvalue weighted by atomic mass is 16.3. The van der Waals surface area contributed by atoms with Crippen LogP contribution in [0.15, 0.2) is 0 Å². The van der Waals surface area contributed by atoms with Crippen molar-refractivity contribution in [2.45, 2.75) is 57.1 Å². The minimum absolute atomic E-state index is 0.00470. The van der Waals surface area contributed by atoms with Crippen molar-refractivity contribution in [3.05, 3.63) is 0 Å². The molecule has 0 aromatic rings. The van der Waals surface area contributed by atoms with Gasteiger partial charge in [-0.2, -0.15) is 0 Å². The Bertz CT molecular complexity index is 287. The highest BCUT2D eigenvalue weighted by Crippen LogP contribution is 2.31. The van der Waals surface area contributed by atoms with E-state index >= 15 is 0 Å². The number of aliphatic hydroxyl groups is 1. The van der Waals surface area contributed by atoms with Crippen molar-refractivity contribution in [3.63, 3.8) is 0 Å². The van der Waals surface area contributed by atoms with Crippen LogP contribution in [0.4, 0.5) is 0 Å². The number of hydrogen-bond acceptors (Lipinski definition) is 3. The third kappa shape index (κ3) is 2.63. The smallest absolute Gasteiger partial charge is 0.227 e. The number of β-amino-alcohol motifs (C(OH)–C–C–N with tert-alkyl or cyclic N) is 1. The monoisotopic (exact) mass is 240 g/mol.